The second-order valence-electron chi connectivity index (χ2n) is 3.63. The molecule has 0 fully saturated rings. The van der Waals surface area contributed by atoms with Crippen LogP contribution >= 0.6 is 0 Å². The van der Waals surface area contributed by atoms with Crippen LogP contribution < -0.4 is 0 Å². The molecule has 1 aliphatic heterocycles. The molecule has 1 N–H and O–H groups in total. The molecule has 1 aliphatic rings. The third kappa shape index (κ3) is 1.96. The lowest BCUT2D eigenvalue weighted by Crippen LogP contribution is -2.37. The van der Waals surface area contributed by atoms with Crippen LogP contribution in [0.25, 0.3) is 0 Å². The number of aliphatic hydroxyl groups excluding tert-OH is 1. The number of rotatable bonds is 2. The van der Waals surface area contributed by atoms with E-state index in [-0.39, 0.29) is 24.2 Å². The highest BCUT2D eigenvalue weighted by Gasteiger charge is 2.28. The Morgan fingerprint density at radius 2 is 2.33 bits per heavy atom. The van der Waals surface area contributed by atoms with Gasteiger partial charge in [-0.25, -0.2) is 0 Å². The number of hydrogen-bond acceptors (Lipinski definition) is 2. The first-order chi connectivity index (χ1) is 5.59. The van der Waals surface area contributed by atoms with Gasteiger partial charge >= 0.3 is 0 Å². The van der Waals surface area contributed by atoms with E-state index in [1.165, 1.54) is 0 Å². The van der Waals surface area contributed by atoms with Crippen molar-refractivity contribution < 1.29 is 9.84 Å². The molecule has 1 heterocycles. The molecule has 2 atom stereocenters. The largest absolute Gasteiger partial charge is 0.396 e. The van der Waals surface area contributed by atoms with E-state index in [1.54, 1.807) is 6.08 Å². The van der Waals surface area contributed by atoms with Crippen molar-refractivity contribution in [2.24, 2.45) is 5.92 Å². The van der Waals surface area contributed by atoms with Gasteiger partial charge in [-0.05, 0) is 13.8 Å². The van der Waals surface area contributed by atoms with Gasteiger partial charge in [-0.3, -0.25) is 0 Å². The van der Waals surface area contributed by atoms with E-state index in [1.807, 2.05) is 26.0 Å². The smallest absolute Gasteiger partial charge is 0.0849 e. The predicted octanol–water partition coefficient (Wildman–Crippen LogP) is 1.51. The average molecular weight is 168 g/mol. The zero-order valence-corrected chi connectivity index (χ0v) is 7.66. The summed E-state index contributed by atoms with van der Waals surface area (Å²) >= 11 is 0. The summed E-state index contributed by atoms with van der Waals surface area (Å²) in [6.45, 7) is 7.78. The van der Waals surface area contributed by atoms with Gasteiger partial charge in [-0.15, -0.1) is 6.58 Å². The van der Waals surface area contributed by atoms with Crippen LogP contribution in [0, 0.1) is 5.92 Å². The molecule has 68 valence electrons. The van der Waals surface area contributed by atoms with Crippen molar-refractivity contribution >= 4 is 0 Å². The number of ether oxygens (including phenoxy) is 1. The van der Waals surface area contributed by atoms with Crippen LogP contribution in [0.3, 0.4) is 0 Å². The first-order valence-corrected chi connectivity index (χ1v) is 4.19. The summed E-state index contributed by atoms with van der Waals surface area (Å²) in [5, 5.41) is 8.98. The standard InChI is InChI=1S/C10H16O2/c1-4-9-8(7-11)5-6-10(2,3)12-9/h4-6,8-9,11H,1,7H2,2-3H3. The minimum Gasteiger partial charge on any atom is -0.396 e. The minimum atomic E-state index is -0.232. The van der Waals surface area contributed by atoms with Gasteiger partial charge in [0.2, 0.25) is 0 Å². The van der Waals surface area contributed by atoms with Crippen molar-refractivity contribution in [3.05, 3.63) is 24.8 Å². The fourth-order valence-corrected chi connectivity index (χ4v) is 1.33. The molecule has 0 bridgehead atoms. The van der Waals surface area contributed by atoms with Gasteiger partial charge in [-0.1, -0.05) is 18.2 Å². The molecule has 0 amide bonds. The second kappa shape index (κ2) is 3.42. The quantitative estimate of drug-likeness (QED) is 0.633. The van der Waals surface area contributed by atoms with Crippen molar-refractivity contribution in [2.45, 2.75) is 25.6 Å². The van der Waals surface area contributed by atoms with Gasteiger partial charge < -0.3 is 9.84 Å². The van der Waals surface area contributed by atoms with Crippen LogP contribution in [0.1, 0.15) is 13.8 Å². The first-order valence-electron chi connectivity index (χ1n) is 4.19. The molecule has 0 aliphatic carbocycles. The monoisotopic (exact) mass is 168 g/mol. The molecule has 12 heavy (non-hydrogen) atoms. The summed E-state index contributed by atoms with van der Waals surface area (Å²) in [6, 6.07) is 0. The molecule has 0 aromatic heterocycles. The Morgan fingerprint density at radius 3 is 2.83 bits per heavy atom. The Hall–Kier alpha value is -0.600. The van der Waals surface area contributed by atoms with Gasteiger partial charge in [-0.2, -0.15) is 0 Å². The molecule has 2 heteroatoms. The van der Waals surface area contributed by atoms with E-state index < -0.39 is 0 Å². The topological polar surface area (TPSA) is 29.5 Å². The lowest BCUT2D eigenvalue weighted by Gasteiger charge is -2.34. The molecular formula is C10H16O2. The summed E-state index contributed by atoms with van der Waals surface area (Å²) < 4.78 is 5.66. The third-order valence-electron chi connectivity index (χ3n) is 2.05. The Balaban J connectivity index is 2.76. The van der Waals surface area contributed by atoms with Crippen LogP contribution in [0.15, 0.2) is 24.8 Å². The summed E-state index contributed by atoms with van der Waals surface area (Å²) in [4.78, 5) is 0. The molecular weight excluding hydrogens is 152 g/mol. The van der Waals surface area contributed by atoms with Gasteiger partial charge in [0.05, 0.1) is 18.3 Å². The fraction of sp³-hybridized carbons (Fsp3) is 0.600. The zero-order chi connectivity index (χ0) is 9.19. The van der Waals surface area contributed by atoms with E-state index >= 15 is 0 Å². The Morgan fingerprint density at radius 1 is 1.67 bits per heavy atom. The highest BCUT2D eigenvalue weighted by atomic mass is 16.5. The van der Waals surface area contributed by atoms with E-state index in [2.05, 4.69) is 6.58 Å². The third-order valence-corrected chi connectivity index (χ3v) is 2.05. The van der Waals surface area contributed by atoms with Crippen molar-refractivity contribution in [3.8, 4) is 0 Å². The van der Waals surface area contributed by atoms with E-state index in [4.69, 9.17) is 9.84 Å². The number of hydrogen-bond donors (Lipinski definition) is 1. The molecule has 2 nitrogen and oxygen atoms in total. The fourth-order valence-electron chi connectivity index (χ4n) is 1.33. The van der Waals surface area contributed by atoms with Crippen molar-refractivity contribution in [2.75, 3.05) is 6.61 Å². The van der Waals surface area contributed by atoms with Gasteiger partial charge in [0, 0.05) is 5.92 Å². The maximum Gasteiger partial charge on any atom is 0.0849 e. The van der Waals surface area contributed by atoms with Gasteiger partial charge in [0.25, 0.3) is 0 Å². The minimum absolute atomic E-state index is 0.0602. The highest BCUT2D eigenvalue weighted by Crippen LogP contribution is 2.26. The zero-order valence-electron chi connectivity index (χ0n) is 7.66. The maximum atomic E-state index is 8.98. The summed E-state index contributed by atoms with van der Waals surface area (Å²) in [6.07, 6.45) is 5.66. The summed E-state index contributed by atoms with van der Waals surface area (Å²) in [5.41, 5.74) is -0.232. The average Bonchev–Trinajstić information content (AvgIpc) is 2.03. The Bertz CT molecular complexity index is 194. The maximum absolute atomic E-state index is 8.98. The summed E-state index contributed by atoms with van der Waals surface area (Å²) in [5.74, 6) is 0.0653. The van der Waals surface area contributed by atoms with E-state index in [0.717, 1.165) is 0 Å². The van der Waals surface area contributed by atoms with Gasteiger partial charge in [0.1, 0.15) is 0 Å². The Labute approximate surface area is 73.5 Å². The predicted molar refractivity (Wildman–Crippen MR) is 48.9 cm³/mol. The SMILES string of the molecule is C=CC1OC(C)(C)C=CC1CO. The van der Waals surface area contributed by atoms with E-state index in [0.29, 0.717) is 0 Å². The van der Waals surface area contributed by atoms with Crippen LogP contribution in [0.5, 0.6) is 0 Å². The van der Waals surface area contributed by atoms with Crippen molar-refractivity contribution in [1.29, 1.82) is 0 Å². The molecule has 0 aromatic rings. The van der Waals surface area contributed by atoms with Crippen LogP contribution in [0.2, 0.25) is 0 Å². The summed E-state index contributed by atoms with van der Waals surface area (Å²) in [7, 11) is 0. The van der Waals surface area contributed by atoms with Crippen LogP contribution in [0.4, 0.5) is 0 Å². The molecule has 0 radical (unpaired) electrons. The van der Waals surface area contributed by atoms with E-state index in [9.17, 15) is 0 Å². The highest BCUT2D eigenvalue weighted by molar-refractivity contribution is 5.09. The molecule has 1 rings (SSSR count). The number of aliphatic hydroxyl groups is 1. The molecule has 0 saturated carbocycles. The second-order valence-corrected chi connectivity index (χ2v) is 3.63. The van der Waals surface area contributed by atoms with Crippen molar-refractivity contribution in [1.82, 2.24) is 0 Å². The normalized spacial score (nSPS) is 33.2. The first kappa shape index (κ1) is 9.49. The van der Waals surface area contributed by atoms with Crippen molar-refractivity contribution in [3.63, 3.8) is 0 Å². The molecule has 0 saturated heterocycles. The molecule has 2 unspecified atom stereocenters. The van der Waals surface area contributed by atoms with Crippen LogP contribution in [-0.2, 0) is 4.74 Å². The van der Waals surface area contributed by atoms with Crippen LogP contribution in [-0.4, -0.2) is 23.4 Å². The van der Waals surface area contributed by atoms with Gasteiger partial charge in [0.15, 0.2) is 0 Å². The Kier molecular flexibility index (Phi) is 2.70. The lowest BCUT2D eigenvalue weighted by molar-refractivity contribution is -0.0551. The molecule has 0 spiro atoms. The molecule has 0 aromatic carbocycles. The lowest BCUT2D eigenvalue weighted by atomic mass is 9.94.